The van der Waals surface area contributed by atoms with Crippen LogP contribution >= 0.6 is 11.6 Å². The predicted molar refractivity (Wildman–Crippen MR) is 91.6 cm³/mol. The molecular weight excluding hydrogens is 312 g/mol. The molecule has 2 fully saturated rings. The summed E-state index contributed by atoms with van der Waals surface area (Å²) in [5.74, 6) is -0.229. The van der Waals surface area contributed by atoms with Crippen LogP contribution in [0.2, 0.25) is 5.02 Å². The fraction of sp³-hybridized carbons (Fsp3) is 0.611. The van der Waals surface area contributed by atoms with Gasteiger partial charge in [0.25, 0.3) is 0 Å². The number of rotatable bonds is 4. The van der Waals surface area contributed by atoms with E-state index in [4.69, 9.17) is 16.3 Å². The molecule has 4 nitrogen and oxygen atoms in total. The van der Waals surface area contributed by atoms with E-state index in [1.165, 1.54) is 32.8 Å². The first kappa shape index (κ1) is 16.7. The van der Waals surface area contributed by atoms with Crippen molar-refractivity contribution in [2.45, 2.75) is 37.8 Å². The summed E-state index contributed by atoms with van der Waals surface area (Å²) < 4.78 is 5.05. The number of methoxy groups -OCH3 is 1. The fourth-order valence-corrected chi connectivity index (χ4v) is 4.15. The fourth-order valence-electron chi connectivity index (χ4n) is 3.91. The van der Waals surface area contributed by atoms with Gasteiger partial charge in [-0.15, -0.1) is 0 Å². The van der Waals surface area contributed by atoms with Crippen LogP contribution in [0, 0.1) is 0 Å². The Kier molecular flexibility index (Phi) is 5.57. The molecule has 0 bridgehead atoms. The normalized spacial score (nSPS) is 22.2. The van der Waals surface area contributed by atoms with Gasteiger partial charge >= 0.3 is 5.97 Å². The molecule has 1 unspecified atom stereocenters. The second-order valence-corrected chi connectivity index (χ2v) is 6.86. The number of carbonyl (C=O) groups excluding carboxylic acids is 1. The van der Waals surface area contributed by atoms with E-state index < -0.39 is 6.04 Å². The molecule has 1 atom stereocenters. The molecule has 1 aliphatic heterocycles. The van der Waals surface area contributed by atoms with Crippen LogP contribution in [0.3, 0.4) is 0 Å². The van der Waals surface area contributed by atoms with E-state index in [1.54, 1.807) is 0 Å². The van der Waals surface area contributed by atoms with Crippen molar-refractivity contribution in [2.75, 3.05) is 33.3 Å². The molecule has 0 N–H and O–H groups in total. The Morgan fingerprint density at radius 1 is 1.17 bits per heavy atom. The summed E-state index contributed by atoms with van der Waals surface area (Å²) in [6.07, 6.45) is 5.36. The summed E-state index contributed by atoms with van der Waals surface area (Å²) in [5, 5.41) is 0.626. The van der Waals surface area contributed by atoms with Gasteiger partial charge in [-0.3, -0.25) is 9.80 Å². The Balaban J connectivity index is 1.72. The van der Waals surface area contributed by atoms with Gasteiger partial charge in [0.1, 0.15) is 6.04 Å². The highest BCUT2D eigenvalue weighted by Crippen LogP contribution is 2.31. The second-order valence-electron chi connectivity index (χ2n) is 6.46. The number of esters is 1. The minimum atomic E-state index is -0.403. The molecule has 1 saturated heterocycles. The lowest BCUT2D eigenvalue weighted by Gasteiger charge is -2.40. The van der Waals surface area contributed by atoms with Crippen molar-refractivity contribution < 1.29 is 9.53 Å². The number of carbonyl (C=O) groups is 1. The van der Waals surface area contributed by atoms with Crippen LogP contribution in [-0.4, -0.2) is 55.1 Å². The van der Waals surface area contributed by atoms with Crippen LogP contribution in [0.1, 0.15) is 37.3 Å². The average Bonchev–Trinajstić information content (AvgIpc) is 3.12. The number of piperazine rings is 1. The number of hydrogen-bond acceptors (Lipinski definition) is 4. The first-order valence-electron chi connectivity index (χ1n) is 8.51. The number of nitrogens with zero attached hydrogens (tertiary/aromatic N) is 2. The third-order valence-corrected chi connectivity index (χ3v) is 5.52. The Bertz CT molecular complexity index is 538. The molecule has 1 heterocycles. The van der Waals surface area contributed by atoms with Gasteiger partial charge in [-0.1, -0.05) is 42.6 Å². The Morgan fingerprint density at radius 3 is 2.43 bits per heavy atom. The highest BCUT2D eigenvalue weighted by molar-refractivity contribution is 6.31. The number of ether oxygens (including phenoxy) is 1. The predicted octanol–water partition coefficient (Wildman–Crippen LogP) is 3.11. The van der Waals surface area contributed by atoms with E-state index in [-0.39, 0.29) is 5.97 Å². The largest absolute Gasteiger partial charge is 0.468 e. The number of hydrogen-bond donors (Lipinski definition) is 0. The Morgan fingerprint density at radius 2 is 1.83 bits per heavy atom. The first-order valence-corrected chi connectivity index (χ1v) is 8.89. The summed E-state index contributed by atoms with van der Waals surface area (Å²) in [5.41, 5.74) is 0.843. The molecule has 1 aliphatic carbocycles. The van der Waals surface area contributed by atoms with Gasteiger partial charge in [-0.05, 0) is 24.5 Å². The maximum Gasteiger partial charge on any atom is 0.327 e. The van der Waals surface area contributed by atoms with Crippen LogP contribution in [-0.2, 0) is 9.53 Å². The van der Waals surface area contributed by atoms with Gasteiger partial charge < -0.3 is 4.74 Å². The molecule has 23 heavy (non-hydrogen) atoms. The molecule has 2 aliphatic rings. The van der Waals surface area contributed by atoms with Crippen molar-refractivity contribution >= 4 is 17.6 Å². The second kappa shape index (κ2) is 7.65. The van der Waals surface area contributed by atoms with Crippen molar-refractivity contribution in [3.05, 3.63) is 34.9 Å². The van der Waals surface area contributed by atoms with Crippen molar-refractivity contribution in [3.63, 3.8) is 0 Å². The third-order valence-electron chi connectivity index (χ3n) is 5.18. The average molecular weight is 337 g/mol. The van der Waals surface area contributed by atoms with Crippen molar-refractivity contribution in [1.29, 1.82) is 0 Å². The Hall–Kier alpha value is -1.10. The van der Waals surface area contributed by atoms with Gasteiger partial charge in [0.2, 0.25) is 0 Å². The molecule has 126 valence electrons. The smallest absolute Gasteiger partial charge is 0.327 e. The number of halogens is 1. The van der Waals surface area contributed by atoms with E-state index in [9.17, 15) is 4.79 Å². The van der Waals surface area contributed by atoms with Crippen LogP contribution in [0.5, 0.6) is 0 Å². The molecular formula is C18H25ClN2O2. The minimum Gasteiger partial charge on any atom is -0.468 e. The summed E-state index contributed by atoms with van der Waals surface area (Å²) in [4.78, 5) is 17.2. The maximum atomic E-state index is 12.4. The molecule has 0 aromatic heterocycles. The highest BCUT2D eigenvalue weighted by atomic mass is 35.5. The van der Waals surface area contributed by atoms with E-state index in [2.05, 4.69) is 9.80 Å². The Labute approximate surface area is 143 Å². The highest BCUT2D eigenvalue weighted by Gasteiger charge is 2.34. The van der Waals surface area contributed by atoms with E-state index in [0.29, 0.717) is 5.02 Å². The van der Waals surface area contributed by atoms with Gasteiger partial charge in [0.15, 0.2) is 0 Å². The first-order chi connectivity index (χ1) is 11.2. The molecule has 0 amide bonds. The molecule has 1 saturated carbocycles. The van der Waals surface area contributed by atoms with Gasteiger partial charge in [0.05, 0.1) is 7.11 Å². The topological polar surface area (TPSA) is 32.8 Å². The molecule has 3 rings (SSSR count). The van der Waals surface area contributed by atoms with E-state index in [1.807, 2.05) is 24.3 Å². The van der Waals surface area contributed by atoms with E-state index in [0.717, 1.165) is 37.8 Å². The zero-order valence-corrected chi connectivity index (χ0v) is 14.5. The molecule has 1 aromatic carbocycles. The summed E-state index contributed by atoms with van der Waals surface area (Å²) in [7, 11) is 1.45. The van der Waals surface area contributed by atoms with Crippen LogP contribution in [0.15, 0.2) is 24.3 Å². The quantitative estimate of drug-likeness (QED) is 0.791. The lowest BCUT2D eigenvalue weighted by molar-refractivity contribution is -0.148. The number of benzene rings is 1. The zero-order chi connectivity index (χ0) is 16.2. The van der Waals surface area contributed by atoms with Gasteiger partial charge in [0, 0.05) is 37.2 Å². The summed E-state index contributed by atoms with van der Waals surface area (Å²) in [6.45, 7) is 3.79. The van der Waals surface area contributed by atoms with Gasteiger partial charge in [-0.25, -0.2) is 4.79 Å². The molecule has 1 aromatic rings. The molecule has 0 radical (unpaired) electrons. The van der Waals surface area contributed by atoms with Crippen LogP contribution < -0.4 is 0 Å². The molecule has 5 heteroatoms. The summed E-state index contributed by atoms with van der Waals surface area (Å²) >= 11 is 6.33. The van der Waals surface area contributed by atoms with Crippen molar-refractivity contribution in [1.82, 2.24) is 9.80 Å². The van der Waals surface area contributed by atoms with Crippen LogP contribution in [0.4, 0.5) is 0 Å². The monoisotopic (exact) mass is 336 g/mol. The minimum absolute atomic E-state index is 0.229. The third kappa shape index (κ3) is 3.70. The zero-order valence-electron chi connectivity index (χ0n) is 13.7. The van der Waals surface area contributed by atoms with E-state index >= 15 is 0 Å². The maximum absolute atomic E-state index is 12.4. The van der Waals surface area contributed by atoms with Crippen LogP contribution in [0.25, 0.3) is 0 Å². The SMILES string of the molecule is COC(=O)C(c1ccccc1Cl)N1CCN(C2CCCC2)CC1. The lowest BCUT2D eigenvalue weighted by Crippen LogP contribution is -2.51. The van der Waals surface area contributed by atoms with Gasteiger partial charge in [-0.2, -0.15) is 0 Å². The summed E-state index contributed by atoms with van der Waals surface area (Å²) in [6, 6.07) is 7.91. The molecule has 0 spiro atoms. The lowest BCUT2D eigenvalue weighted by atomic mass is 10.0. The standard InChI is InChI=1S/C18H25ClN2O2/c1-23-18(22)17(15-8-4-5-9-16(15)19)21-12-10-20(11-13-21)14-6-2-3-7-14/h4-5,8-9,14,17H,2-3,6-7,10-13H2,1H3. The van der Waals surface area contributed by atoms with Crippen molar-refractivity contribution in [3.8, 4) is 0 Å². The van der Waals surface area contributed by atoms with Crippen molar-refractivity contribution in [2.24, 2.45) is 0 Å².